The van der Waals surface area contributed by atoms with Crippen molar-refractivity contribution < 1.29 is 23.8 Å². The first-order valence-electron chi connectivity index (χ1n) is 10.8. The summed E-state index contributed by atoms with van der Waals surface area (Å²) in [5.74, 6) is -1.49. The third-order valence-corrected chi connectivity index (χ3v) is 5.54. The highest BCUT2D eigenvalue weighted by atomic mass is 19.1. The van der Waals surface area contributed by atoms with Crippen LogP contribution >= 0.6 is 0 Å². The Hall–Kier alpha value is -3.45. The number of carbonyl (C=O) groups is 2. The van der Waals surface area contributed by atoms with E-state index in [1.165, 1.54) is 29.2 Å². The number of amides is 1. The van der Waals surface area contributed by atoms with Crippen LogP contribution in [-0.4, -0.2) is 60.4 Å². The summed E-state index contributed by atoms with van der Waals surface area (Å²) >= 11 is 0. The Labute approximate surface area is 193 Å². The van der Waals surface area contributed by atoms with Gasteiger partial charge in [-0.3, -0.25) is 9.59 Å². The van der Waals surface area contributed by atoms with Gasteiger partial charge in [0, 0.05) is 12.1 Å². The van der Waals surface area contributed by atoms with Gasteiger partial charge in [-0.05, 0) is 75.4 Å². The Morgan fingerprint density at radius 2 is 1.91 bits per heavy atom. The molecule has 2 aromatic carbocycles. The molecule has 6 nitrogen and oxygen atoms in total. The molecule has 1 amide bonds. The Balaban J connectivity index is 2.06. The van der Waals surface area contributed by atoms with E-state index >= 15 is 0 Å². The predicted molar refractivity (Wildman–Crippen MR) is 125 cm³/mol. The van der Waals surface area contributed by atoms with Gasteiger partial charge in [-0.1, -0.05) is 24.8 Å². The van der Waals surface area contributed by atoms with E-state index in [0.717, 1.165) is 12.1 Å². The molecule has 1 fully saturated rings. The molecule has 0 radical (unpaired) electrons. The topological polar surface area (TPSA) is 70.1 Å². The summed E-state index contributed by atoms with van der Waals surface area (Å²) in [6.07, 6.45) is 2.28. The van der Waals surface area contributed by atoms with E-state index in [1.807, 2.05) is 25.9 Å². The van der Waals surface area contributed by atoms with Crippen LogP contribution in [0.15, 0.2) is 60.7 Å². The minimum atomic E-state index is -0.801. The second-order valence-corrected chi connectivity index (χ2v) is 8.28. The maximum absolute atomic E-state index is 13.6. The lowest BCUT2D eigenvalue weighted by Gasteiger charge is -2.26. The molecule has 33 heavy (non-hydrogen) atoms. The summed E-state index contributed by atoms with van der Waals surface area (Å²) in [6.45, 7) is 6.85. The molecule has 0 saturated carbocycles. The van der Waals surface area contributed by atoms with Gasteiger partial charge in [0.05, 0.1) is 11.6 Å². The number of benzene rings is 2. The van der Waals surface area contributed by atoms with Crippen molar-refractivity contribution in [2.75, 3.05) is 33.8 Å². The Morgan fingerprint density at radius 3 is 2.52 bits per heavy atom. The lowest BCUT2D eigenvalue weighted by Crippen LogP contribution is -2.32. The minimum absolute atomic E-state index is 0.00405. The highest BCUT2D eigenvalue weighted by molar-refractivity contribution is 6.46. The number of aliphatic hydroxyl groups is 1. The quantitative estimate of drug-likeness (QED) is 0.269. The second-order valence-electron chi connectivity index (χ2n) is 8.28. The Bertz CT molecular complexity index is 1080. The molecular weight excluding hydrogens is 423 g/mol. The number of aliphatic hydroxyl groups excluding tert-OH is 1. The second kappa shape index (κ2) is 10.4. The molecule has 1 N–H and O–H groups in total. The number of halogens is 1. The molecule has 2 aromatic rings. The first-order chi connectivity index (χ1) is 15.7. The van der Waals surface area contributed by atoms with Gasteiger partial charge >= 0.3 is 0 Å². The molecule has 0 spiro atoms. The van der Waals surface area contributed by atoms with Crippen molar-refractivity contribution in [2.24, 2.45) is 0 Å². The SMILES string of the molecule is C=CCOc1ccc(/C(O)=C2\C(=O)C(=O)N(CCCN(C)C)C2c2ccc(F)cc2)cc1C. The van der Waals surface area contributed by atoms with E-state index in [9.17, 15) is 19.1 Å². The molecule has 0 aromatic heterocycles. The van der Waals surface area contributed by atoms with E-state index in [4.69, 9.17) is 4.74 Å². The number of ether oxygens (including phenoxy) is 1. The van der Waals surface area contributed by atoms with Gasteiger partial charge in [-0.25, -0.2) is 4.39 Å². The molecule has 1 aliphatic heterocycles. The summed E-state index contributed by atoms with van der Waals surface area (Å²) in [5.41, 5.74) is 1.72. The highest BCUT2D eigenvalue weighted by Crippen LogP contribution is 2.40. The Morgan fingerprint density at radius 1 is 1.21 bits per heavy atom. The van der Waals surface area contributed by atoms with Crippen LogP contribution in [0.5, 0.6) is 5.75 Å². The number of Topliss-reactive ketones (excluding diaryl/α,β-unsaturated/α-hetero) is 1. The van der Waals surface area contributed by atoms with Crippen LogP contribution in [0, 0.1) is 12.7 Å². The van der Waals surface area contributed by atoms with Gasteiger partial charge in [-0.15, -0.1) is 0 Å². The summed E-state index contributed by atoms with van der Waals surface area (Å²) in [4.78, 5) is 29.4. The monoisotopic (exact) mass is 452 g/mol. The van der Waals surface area contributed by atoms with Crippen LogP contribution in [0.1, 0.15) is 29.2 Å². The van der Waals surface area contributed by atoms with Crippen molar-refractivity contribution in [3.05, 3.63) is 83.2 Å². The number of hydrogen-bond donors (Lipinski definition) is 1. The summed E-state index contributed by atoms with van der Waals surface area (Å²) in [5, 5.41) is 11.2. The summed E-state index contributed by atoms with van der Waals surface area (Å²) in [6, 6.07) is 9.89. The zero-order chi connectivity index (χ0) is 24.1. The third kappa shape index (κ3) is 5.31. The molecule has 3 rings (SSSR count). The first-order valence-corrected chi connectivity index (χ1v) is 10.8. The number of rotatable bonds is 9. The van der Waals surface area contributed by atoms with Gasteiger partial charge in [0.1, 0.15) is 23.9 Å². The normalized spacial score (nSPS) is 17.6. The number of aryl methyl sites for hydroxylation is 1. The van der Waals surface area contributed by atoms with Crippen LogP contribution in [0.4, 0.5) is 4.39 Å². The summed E-state index contributed by atoms with van der Waals surface area (Å²) < 4.78 is 19.2. The molecule has 1 unspecified atom stereocenters. The van der Waals surface area contributed by atoms with Crippen molar-refractivity contribution in [1.82, 2.24) is 9.80 Å². The van der Waals surface area contributed by atoms with Crippen LogP contribution in [0.3, 0.4) is 0 Å². The van der Waals surface area contributed by atoms with Crippen molar-refractivity contribution in [1.29, 1.82) is 0 Å². The fourth-order valence-corrected chi connectivity index (χ4v) is 3.92. The number of ketones is 1. The van der Waals surface area contributed by atoms with Crippen molar-refractivity contribution in [2.45, 2.75) is 19.4 Å². The first kappa shape index (κ1) is 24.2. The number of likely N-dealkylation sites (tertiary alicyclic amines) is 1. The maximum Gasteiger partial charge on any atom is 0.295 e. The zero-order valence-electron chi connectivity index (χ0n) is 19.2. The molecule has 0 aliphatic carbocycles. The minimum Gasteiger partial charge on any atom is -0.507 e. The van der Waals surface area contributed by atoms with Gasteiger partial charge < -0.3 is 19.6 Å². The summed E-state index contributed by atoms with van der Waals surface area (Å²) in [7, 11) is 3.85. The molecule has 1 aliphatic rings. The molecular formula is C26H29FN2O4. The van der Waals surface area contributed by atoms with Crippen LogP contribution in [0.2, 0.25) is 0 Å². The molecule has 174 valence electrons. The van der Waals surface area contributed by atoms with E-state index < -0.39 is 23.5 Å². The fraction of sp³-hybridized carbons (Fsp3) is 0.308. The van der Waals surface area contributed by atoms with E-state index in [-0.39, 0.29) is 11.3 Å². The third-order valence-electron chi connectivity index (χ3n) is 5.54. The maximum atomic E-state index is 13.6. The average molecular weight is 453 g/mol. The van der Waals surface area contributed by atoms with Gasteiger partial charge in [-0.2, -0.15) is 0 Å². The largest absolute Gasteiger partial charge is 0.507 e. The van der Waals surface area contributed by atoms with Gasteiger partial charge in [0.25, 0.3) is 11.7 Å². The molecule has 7 heteroatoms. The van der Waals surface area contributed by atoms with Crippen molar-refractivity contribution >= 4 is 17.4 Å². The molecule has 1 heterocycles. The standard InChI is InChI=1S/C26H29FN2O4/c1-5-15-33-21-12-9-19(16-17(21)2)24(30)22-23(18-7-10-20(27)11-8-18)29(26(32)25(22)31)14-6-13-28(3)4/h5,7-12,16,23,30H,1,6,13-15H2,2-4H3/b24-22+. The lowest BCUT2D eigenvalue weighted by molar-refractivity contribution is -0.139. The van der Waals surface area contributed by atoms with Gasteiger partial charge in [0.2, 0.25) is 0 Å². The van der Waals surface area contributed by atoms with E-state index in [1.54, 1.807) is 24.3 Å². The highest BCUT2D eigenvalue weighted by Gasteiger charge is 2.45. The molecule has 1 atom stereocenters. The van der Waals surface area contributed by atoms with Crippen LogP contribution in [0.25, 0.3) is 5.76 Å². The van der Waals surface area contributed by atoms with Crippen LogP contribution in [-0.2, 0) is 9.59 Å². The lowest BCUT2D eigenvalue weighted by atomic mass is 9.94. The van der Waals surface area contributed by atoms with E-state index in [2.05, 4.69) is 6.58 Å². The Kier molecular flexibility index (Phi) is 7.66. The number of hydrogen-bond acceptors (Lipinski definition) is 5. The zero-order valence-corrected chi connectivity index (χ0v) is 19.2. The predicted octanol–water partition coefficient (Wildman–Crippen LogP) is 4.07. The van der Waals surface area contributed by atoms with Crippen LogP contribution < -0.4 is 4.74 Å². The molecule has 0 bridgehead atoms. The van der Waals surface area contributed by atoms with Crippen molar-refractivity contribution in [3.8, 4) is 5.75 Å². The number of nitrogens with zero attached hydrogens (tertiary/aromatic N) is 2. The smallest absolute Gasteiger partial charge is 0.295 e. The van der Waals surface area contributed by atoms with Gasteiger partial charge in [0.15, 0.2) is 0 Å². The average Bonchev–Trinajstić information content (AvgIpc) is 3.03. The van der Waals surface area contributed by atoms with Crippen molar-refractivity contribution in [3.63, 3.8) is 0 Å². The number of carbonyl (C=O) groups excluding carboxylic acids is 2. The van der Waals surface area contributed by atoms with E-state index in [0.29, 0.717) is 36.4 Å². The molecule has 1 saturated heterocycles. The fourth-order valence-electron chi connectivity index (χ4n) is 3.92.